The van der Waals surface area contributed by atoms with Crippen LogP contribution in [0.5, 0.6) is 0 Å². The van der Waals surface area contributed by atoms with Crippen LogP contribution in [0.4, 0.5) is 4.48 Å². The molecule has 3 N–H and O–H groups in total. The number of nitrogens with one attached hydrogen (secondary N) is 1. The summed E-state index contributed by atoms with van der Waals surface area (Å²) < 4.78 is 13.0. The van der Waals surface area contributed by atoms with Crippen molar-refractivity contribution < 1.29 is 19.5 Å². The summed E-state index contributed by atoms with van der Waals surface area (Å²) in [5, 5.41) is 21.0. The van der Waals surface area contributed by atoms with Gasteiger partial charge in [0.15, 0.2) is 0 Å². The number of hydrogen-bond acceptors (Lipinski definition) is 4. The van der Waals surface area contributed by atoms with E-state index in [4.69, 9.17) is 5.11 Å². The Morgan fingerprint density at radius 2 is 2.36 bits per heavy atom. The average Bonchev–Trinajstić information content (AvgIpc) is 2.49. The highest BCUT2D eigenvalue weighted by Gasteiger charge is 2.26. The van der Waals surface area contributed by atoms with Gasteiger partial charge >= 0.3 is 5.97 Å². The minimum atomic E-state index is -1.02. The third-order valence-electron chi connectivity index (χ3n) is 2.27. The summed E-state index contributed by atoms with van der Waals surface area (Å²) in [4.78, 5) is 10.1. The normalized spacial score (nSPS) is 27.1. The lowest BCUT2D eigenvalue weighted by atomic mass is 10.2. The molecule has 0 aliphatic carbocycles. The van der Waals surface area contributed by atoms with E-state index in [1.807, 2.05) is 0 Å². The number of aliphatic hydroxyl groups excluding tert-OH is 1. The van der Waals surface area contributed by atoms with Crippen LogP contribution >= 0.6 is 0 Å². The first kappa shape index (κ1) is 11.4. The van der Waals surface area contributed by atoms with Gasteiger partial charge in [-0.15, -0.1) is 9.60 Å². The third kappa shape index (κ3) is 3.57. The van der Waals surface area contributed by atoms with E-state index in [9.17, 15) is 14.4 Å². The Labute approximate surface area is 81.4 Å². The molecule has 6 heteroatoms. The van der Waals surface area contributed by atoms with Crippen LogP contribution < -0.4 is 5.32 Å². The van der Waals surface area contributed by atoms with E-state index in [0.717, 1.165) is 0 Å². The van der Waals surface area contributed by atoms with Crippen LogP contribution in [-0.4, -0.2) is 53.1 Å². The van der Waals surface area contributed by atoms with Gasteiger partial charge in [-0.2, -0.15) is 0 Å². The number of carboxylic acids is 1. The van der Waals surface area contributed by atoms with Crippen molar-refractivity contribution in [1.82, 2.24) is 10.4 Å². The molecule has 1 fully saturated rings. The van der Waals surface area contributed by atoms with Crippen molar-refractivity contribution in [3.63, 3.8) is 0 Å². The number of halogens is 1. The van der Waals surface area contributed by atoms with E-state index in [0.29, 0.717) is 18.1 Å². The quantitative estimate of drug-likeness (QED) is 0.522. The maximum atomic E-state index is 13.0. The second-order valence-electron chi connectivity index (χ2n) is 3.43. The maximum Gasteiger partial charge on any atom is 0.304 e. The van der Waals surface area contributed by atoms with Crippen molar-refractivity contribution in [1.29, 1.82) is 0 Å². The van der Waals surface area contributed by atoms with Crippen molar-refractivity contribution >= 4 is 5.97 Å². The van der Waals surface area contributed by atoms with Gasteiger partial charge in [0.05, 0.1) is 12.5 Å². The molecule has 1 saturated heterocycles. The molecular weight excluding hydrogens is 191 g/mol. The number of rotatable bonds is 5. The summed E-state index contributed by atoms with van der Waals surface area (Å²) in [5.41, 5.74) is 0. The Kier molecular flexibility index (Phi) is 4.24. The molecule has 1 rings (SSSR count). The van der Waals surface area contributed by atoms with E-state index in [2.05, 4.69) is 5.32 Å². The van der Waals surface area contributed by atoms with Gasteiger partial charge in [-0.25, -0.2) is 0 Å². The molecule has 0 aromatic rings. The van der Waals surface area contributed by atoms with Crippen LogP contribution in [0, 0.1) is 0 Å². The van der Waals surface area contributed by atoms with E-state index >= 15 is 0 Å². The standard InChI is InChI=1S/C8H15FN2O3/c9-11(4-2-8(13)14)5-6-7(12)1-3-10-6/h6-7,10,12H,1-5H2,(H,13,14). The molecule has 5 nitrogen and oxygen atoms in total. The SMILES string of the molecule is O=C(O)CCN(F)CC1NCCC1O. The molecule has 1 aliphatic rings. The summed E-state index contributed by atoms with van der Waals surface area (Å²) in [6.45, 7) is 0.577. The fraction of sp³-hybridized carbons (Fsp3) is 0.875. The smallest absolute Gasteiger partial charge is 0.304 e. The Morgan fingerprint density at radius 3 is 2.86 bits per heavy atom. The molecule has 82 valence electrons. The summed E-state index contributed by atoms with van der Waals surface area (Å²) >= 11 is 0. The van der Waals surface area contributed by atoms with Gasteiger partial charge < -0.3 is 15.5 Å². The number of carboxylic acid groups (broad SMARTS) is 1. The first-order valence-electron chi connectivity index (χ1n) is 4.63. The second kappa shape index (κ2) is 5.23. The van der Waals surface area contributed by atoms with Crippen molar-refractivity contribution in [3.05, 3.63) is 0 Å². The summed E-state index contributed by atoms with van der Waals surface area (Å²) in [6.07, 6.45) is -0.130. The summed E-state index contributed by atoms with van der Waals surface area (Å²) in [5.74, 6) is -1.02. The van der Waals surface area contributed by atoms with Gasteiger partial charge in [-0.05, 0) is 13.0 Å². The van der Waals surface area contributed by atoms with Crippen molar-refractivity contribution in [2.24, 2.45) is 0 Å². The zero-order valence-corrected chi connectivity index (χ0v) is 7.82. The Bertz CT molecular complexity index is 203. The summed E-state index contributed by atoms with van der Waals surface area (Å²) in [7, 11) is 0. The number of nitrogens with zero attached hydrogens (tertiary/aromatic N) is 1. The Morgan fingerprint density at radius 1 is 1.64 bits per heavy atom. The molecule has 1 heterocycles. The van der Waals surface area contributed by atoms with Crippen molar-refractivity contribution in [2.75, 3.05) is 19.6 Å². The lowest BCUT2D eigenvalue weighted by Gasteiger charge is -2.18. The van der Waals surface area contributed by atoms with Gasteiger partial charge in [0.1, 0.15) is 0 Å². The molecule has 0 radical (unpaired) electrons. The zero-order valence-electron chi connectivity index (χ0n) is 7.82. The van der Waals surface area contributed by atoms with E-state index in [1.165, 1.54) is 0 Å². The monoisotopic (exact) mass is 206 g/mol. The van der Waals surface area contributed by atoms with Gasteiger partial charge in [0, 0.05) is 19.1 Å². The van der Waals surface area contributed by atoms with Gasteiger partial charge in [-0.1, -0.05) is 0 Å². The van der Waals surface area contributed by atoms with Crippen molar-refractivity contribution in [3.8, 4) is 0 Å². The Balaban J connectivity index is 2.19. The average molecular weight is 206 g/mol. The van der Waals surface area contributed by atoms with Gasteiger partial charge in [-0.3, -0.25) is 4.79 Å². The minimum Gasteiger partial charge on any atom is -0.481 e. The van der Waals surface area contributed by atoms with E-state index in [-0.39, 0.29) is 25.6 Å². The summed E-state index contributed by atoms with van der Waals surface area (Å²) in [6, 6.07) is -0.284. The van der Waals surface area contributed by atoms with Crippen LogP contribution in [0.15, 0.2) is 0 Å². The zero-order chi connectivity index (χ0) is 10.6. The topological polar surface area (TPSA) is 72.8 Å². The highest BCUT2D eigenvalue weighted by Crippen LogP contribution is 2.08. The van der Waals surface area contributed by atoms with Gasteiger partial charge in [0.25, 0.3) is 0 Å². The second-order valence-corrected chi connectivity index (χ2v) is 3.43. The molecule has 2 atom stereocenters. The molecule has 0 bridgehead atoms. The first-order chi connectivity index (χ1) is 6.59. The lowest BCUT2D eigenvalue weighted by molar-refractivity contribution is -0.138. The molecule has 14 heavy (non-hydrogen) atoms. The fourth-order valence-corrected chi connectivity index (χ4v) is 1.46. The molecule has 2 unspecified atom stereocenters. The number of carbonyl (C=O) groups is 1. The minimum absolute atomic E-state index is 0.0362. The Hall–Kier alpha value is -0.720. The molecular formula is C8H15FN2O3. The molecule has 0 saturated carbocycles. The molecule has 0 spiro atoms. The predicted octanol–water partition coefficient (Wildman–Crippen LogP) is -0.630. The first-order valence-corrected chi connectivity index (χ1v) is 4.63. The molecule has 1 aliphatic heterocycles. The maximum absolute atomic E-state index is 13.0. The van der Waals surface area contributed by atoms with E-state index < -0.39 is 12.1 Å². The number of aliphatic hydroxyl groups is 1. The van der Waals surface area contributed by atoms with Crippen molar-refractivity contribution in [2.45, 2.75) is 25.0 Å². The van der Waals surface area contributed by atoms with Crippen LogP contribution in [-0.2, 0) is 4.79 Å². The third-order valence-corrected chi connectivity index (χ3v) is 2.27. The number of aliphatic carboxylic acids is 1. The van der Waals surface area contributed by atoms with Crippen LogP contribution in [0.1, 0.15) is 12.8 Å². The largest absolute Gasteiger partial charge is 0.481 e. The predicted molar refractivity (Wildman–Crippen MR) is 47.3 cm³/mol. The van der Waals surface area contributed by atoms with Gasteiger partial charge in [0.2, 0.25) is 0 Å². The highest BCUT2D eigenvalue weighted by atomic mass is 19.2. The van der Waals surface area contributed by atoms with Crippen LogP contribution in [0.2, 0.25) is 0 Å². The molecule has 0 aromatic heterocycles. The fourth-order valence-electron chi connectivity index (χ4n) is 1.46. The number of hydrogen-bond donors (Lipinski definition) is 3. The highest BCUT2D eigenvalue weighted by molar-refractivity contribution is 5.66. The van der Waals surface area contributed by atoms with Crippen LogP contribution in [0.25, 0.3) is 0 Å². The molecule has 0 amide bonds. The lowest BCUT2D eigenvalue weighted by Crippen LogP contribution is -2.40. The van der Waals surface area contributed by atoms with Crippen LogP contribution in [0.3, 0.4) is 0 Å². The molecule has 0 aromatic carbocycles. The van der Waals surface area contributed by atoms with E-state index in [1.54, 1.807) is 0 Å².